The van der Waals surface area contributed by atoms with Gasteiger partial charge in [0.2, 0.25) is 0 Å². The van der Waals surface area contributed by atoms with Crippen LogP contribution in [0, 0.1) is 0 Å². The van der Waals surface area contributed by atoms with E-state index in [1.54, 1.807) is 11.8 Å². The topological polar surface area (TPSA) is 33.5 Å². The molecule has 23 heavy (non-hydrogen) atoms. The molecule has 0 bridgehead atoms. The minimum Gasteiger partial charge on any atom is -0.340 e. The lowest BCUT2D eigenvalue weighted by molar-refractivity contribution is -0.860. The Balaban J connectivity index is 2.10. The second-order valence-electron chi connectivity index (χ2n) is 5.98. The number of amides is 1. The smallest absolute Gasteiger partial charge is 0.251 e. The summed E-state index contributed by atoms with van der Waals surface area (Å²) >= 11 is 1.78. The summed E-state index contributed by atoms with van der Waals surface area (Å²) < 4.78 is 0. The molecule has 0 aliphatic heterocycles. The van der Waals surface area contributed by atoms with Crippen molar-refractivity contribution in [1.82, 2.24) is 5.32 Å². The van der Waals surface area contributed by atoms with Crippen LogP contribution >= 0.6 is 11.8 Å². The average molecular weight is 329 g/mol. The molecule has 2 aromatic rings. The van der Waals surface area contributed by atoms with Gasteiger partial charge in [-0.05, 0) is 29.5 Å². The zero-order chi connectivity index (χ0) is 16.7. The van der Waals surface area contributed by atoms with E-state index >= 15 is 0 Å². The first-order chi connectivity index (χ1) is 11.1. The lowest BCUT2D eigenvalue weighted by Crippen LogP contribution is -3.06. The number of thioether (sulfide) groups is 1. The number of hydrogen-bond donors (Lipinski definition) is 2. The maximum absolute atomic E-state index is 12.6. The van der Waals surface area contributed by atoms with Gasteiger partial charge in [0.15, 0.2) is 0 Å². The van der Waals surface area contributed by atoms with E-state index in [9.17, 15) is 4.79 Å². The number of carbonyl (C=O) groups excluding carboxylic acids is 1. The fourth-order valence-corrected chi connectivity index (χ4v) is 3.03. The van der Waals surface area contributed by atoms with E-state index in [2.05, 4.69) is 37.8 Å². The van der Waals surface area contributed by atoms with Crippen LogP contribution < -0.4 is 10.2 Å². The zero-order valence-corrected chi connectivity index (χ0v) is 14.8. The molecule has 0 saturated carbocycles. The first-order valence-corrected chi connectivity index (χ1v) is 9.22. The lowest BCUT2D eigenvalue weighted by Gasteiger charge is -2.21. The highest BCUT2D eigenvalue weighted by atomic mass is 32.2. The molecular formula is C19H25N2OS+. The molecule has 0 aromatic heterocycles. The van der Waals surface area contributed by atoms with Gasteiger partial charge in [-0.2, -0.15) is 11.8 Å². The molecule has 0 fully saturated rings. The molecule has 0 heterocycles. The third-order valence-corrected chi connectivity index (χ3v) is 4.27. The first-order valence-electron chi connectivity index (χ1n) is 7.83. The van der Waals surface area contributed by atoms with Crippen LogP contribution in [-0.2, 0) is 5.75 Å². The molecule has 1 amide bonds. The van der Waals surface area contributed by atoms with Crippen LogP contribution in [0.25, 0.3) is 0 Å². The third kappa shape index (κ3) is 5.41. The second-order valence-corrected chi connectivity index (χ2v) is 6.84. The molecule has 0 aliphatic rings. The predicted molar refractivity (Wildman–Crippen MR) is 98.0 cm³/mol. The van der Waals surface area contributed by atoms with E-state index in [1.165, 1.54) is 10.5 Å². The van der Waals surface area contributed by atoms with Gasteiger partial charge in [-0.3, -0.25) is 4.79 Å². The monoisotopic (exact) mass is 329 g/mol. The van der Waals surface area contributed by atoms with E-state index < -0.39 is 0 Å². The van der Waals surface area contributed by atoms with Crippen molar-refractivity contribution < 1.29 is 9.69 Å². The van der Waals surface area contributed by atoms with E-state index in [-0.39, 0.29) is 11.9 Å². The summed E-state index contributed by atoms with van der Waals surface area (Å²) in [4.78, 5) is 13.9. The Morgan fingerprint density at radius 1 is 1.09 bits per heavy atom. The van der Waals surface area contributed by atoms with E-state index in [0.717, 1.165) is 17.9 Å². The zero-order valence-electron chi connectivity index (χ0n) is 14.0. The van der Waals surface area contributed by atoms with E-state index in [1.807, 2.05) is 42.5 Å². The fourth-order valence-electron chi connectivity index (χ4n) is 2.51. The highest BCUT2D eigenvalue weighted by molar-refractivity contribution is 7.97. The van der Waals surface area contributed by atoms with Crippen LogP contribution in [-0.4, -0.2) is 32.8 Å². The number of benzene rings is 2. The average Bonchev–Trinajstić information content (AvgIpc) is 2.55. The Hall–Kier alpha value is -1.78. The highest BCUT2D eigenvalue weighted by Gasteiger charge is 2.18. The van der Waals surface area contributed by atoms with Gasteiger partial charge < -0.3 is 10.2 Å². The fraction of sp³-hybridized carbons (Fsp3) is 0.316. The Bertz CT molecular complexity index is 611. The largest absolute Gasteiger partial charge is 0.340 e. The summed E-state index contributed by atoms with van der Waals surface area (Å²) in [6.45, 7) is 0.848. The van der Waals surface area contributed by atoms with Gasteiger partial charge in [0, 0.05) is 11.3 Å². The first kappa shape index (κ1) is 17.6. The van der Waals surface area contributed by atoms with Crippen molar-refractivity contribution in [2.45, 2.75) is 11.8 Å². The van der Waals surface area contributed by atoms with Crippen molar-refractivity contribution in [3.8, 4) is 0 Å². The number of nitrogens with one attached hydrogen (secondary N) is 2. The standard InChI is InChI=1S/C19H24N2OS/c1-21(2)13-18(16-7-5-4-6-8-16)20-19(22)17-11-9-15(10-12-17)14-23-3/h4-12,18H,13-14H2,1-3H3,(H,20,22)/p+1/t18-/m1/s1. The van der Waals surface area contributed by atoms with Gasteiger partial charge in [-0.1, -0.05) is 42.5 Å². The second kappa shape index (κ2) is 8.75. The highest BCUT2D eigenvalue weighted by Crippen LogP contribution is 2.14. The number of likely N-dealkylation sites (N-methyl/N-ethyl adjacent to an activating group) is 1. The molecule has 2 rings (SSSR count). The normalized spacial score (nSPS) is 12.2. The summed E-state index contributed by atoms with van der Waals surface area (Å²) in [6, 6.07) is 18.0. The van der Waals surface area contributed by atoms with Crippen molar-refractivity contribution in [1.29, 1.82) is 0 Å². The molecule has 122 valence electrons. The van der Waals surface area contributed by atoms with Crippen LogP contribution in [0.15, 0.2) is 54.6 Å². The van der Waals surface area contributed by atoms with Crippen LogP contribution in [0.2, 0.25) is 0 Å². The molecule has 2 N–H and O–H groups in total. The number of quaternary nitrogens is 1. The Morgan fingerprint density at radius 3 is 2.30 bits per heavy atom. The van der Waals surface area contributed by atoms with Gasteiger partial charge in [-0.15, -0.1) is 0 Å². The van der Waals surface area contributed by atoms with Crippen molar-refractivity contribution in [2.24, 2.45) is 0 Å². The quantitative estimate of drug-likeness (QED) is 0.816. The van der Waals surface area contributed by atoms with E-state index in [4.69, 9.17) is 0 Å². The maximum atomic E-state index is 12.6. The van der Waals surface area contributed by atoms with Crippen LogP contribution in [0.4, 0.5) is 0 Å². The van der Waals surface area contributed by atoms with Gasteiger partial charge in [0.05, 0.1) is 14.1 Å². The van der Waals surface area contributed by atoms with Gasteiger partial charge in [0.25, 0.3) is 5.91 Å². The summed E-state index contributed by atoms with van der Waals surface area (Å²) in [5.74, 6) is 0.953. The maximum Gasteiger partial charge on any atom is 0.251 e. The lowest BCUT2D eigenvalue weighted by atomic mass is 10.1. The van der Waals surface area contributed by atoms with Gasteiger partial charge >= 0.3 is 0 Å². The molecule has 1 atom stereocenters. The minimum atomic E-state index is -0.0178. The molecule has 2 aromatic carbocycles. The van der Waals surface area contributed by atoms with Crippen LogP contribution in [0.5, 0.6) is 0 Å². The van der Waals surface area contributed by atoms with Crippen LogP contribution in [0.1, 0.15) is 27.5 Å². The Kier molecular flexibility index (Phi) is 6.68. The number of rotatable bonds is 7. The molecule has 0 saturated heterocycles. The Labute approximate surface area is 143 Å². The van der Waals surface area contributed by atoms with Gasteiger partial charge in [-0.25, -0.2) is 0 Å². The van der Waals surface area contributed by atoms with E-state index in [0.29, 0.717) is 5.56 Å². The molecule has 3 nitrogen and oxygen atoms in total. The van der Waals surface area contributed by atoms with Crippen LogP contribution in [0.3, 0.4) is 0 Å². The SMILES string of the molecule is CSCc1ccc(C(=O)N[C@H](C[NH+](C)C)c2ccccc2)cc1. The summed E-state index contributed by atoms with van der Waals surface area (Å²) in [5, 5.41) is 3.17. The van der Waals surface area contributed by atoms with Crippen molar-refractivity contribution in [2.75, 3.05) is 26.9 Å². The molecule has 0 spiro atoms. The minimum absolute atomic E-state index is 0.0135. The summed E-state index contributed by atoms with van der Waals surface area (Å²) in [7, 11) is 4.19. The number of hydrogen-bond acceptors (Lipinski definition) is 2. The molecule has 0 aliphatic carbocycles. The predicted octanol–water partition coefficient (Wildman–Crippen LogP) is 2.17. The molecular weight excluding hydrogens is 304 g/mol. The van der Waals surface area contributed by atoms with Gasteiger partial charge in [0.1, 0.15) is 12.6 Å². The number of carbonyl (C=O) groups is 1. The molecule has 0 radical (unpaired) electrons. The molecule has 0 unspecified atom stereocenters. The summed E-state index contributed by atoms with van der Waals surface area (Å²) in [6.07, 6.45) is 2.08. The summed E-state index contributed by atoms with van der Waals surface area (Å²) in [5.41, 5.74) is 3.09. The molecule has 4 heteroatoms. The van der Waals surface area contributed by atoms with Crippen molar-refractivity contribution in [3.05, 3.63) is 71.3 Å². The third-order valence-electron chi connectivity index (χ3n) is 3.65. The van der Waals surface area contributed by atoms with Crippen molar-refractivity contribution >= 4 is 17.7 Å². The Morgan fingerprint density at radius 2 is 1.74 bits per heavy atom. The van der Waals surface area contributed by atoms with Crippen molar-refractivity contribution in [3.63, 3.8) is 0 Å².